The molecule has 2 nitrogen and oxygen atoms in total. The molecule has 72 valence electrons. The van der Waals surface area contributed by atoms with Gasteiger partial charge in [0.1, 0.15) is 0 Å². The van der Waals surface area contributed by atoms with Gasteiger partial charge in [0.15, 0.2) is 0 Å². The van der Waals surface area contributed by atoms with Gasteiger partial charge in [-0.1, -0.05) is 13.8 Å². The molecule has 0 amide bonds. The highest BCUT2D eigenvalue weighted by Crippen LogP contribution is 2.43. The molecule has 0 saturated heterocycles. The number of nitrogens with one attached hydrogen (secondary N) is 1. The molecule has 0 aromatic carbocycles. The molecule has 0 aliphatic heterocycles. The third-order valence-electron chi connectivity index (χ3n) is 3.37. The van der Waals surface area contributed by atoms with E-state index in [0.717, 1.165) is 18.3 Å². The second-order valence-electron chi connectivity index (χ2n) is 4.42. The maximum Gasteiger partial charge on any atom is 0.0448 e. The second kappa shape index (κ2) is 3.75. The van der Waals surface area contributed by atoms with Gasteiger partial charge in [0.25, 0.3) is 0 Å². The van der Waals surface area contributed by atoms with E-state index in [-0.39, 0.29) is 5.54 Å². The first-order valence-electron chi connectivity index (χ1n) is 4.93. The average Bonchev–Trinajstić information content (AvgIpc) is 1.95. The molecule has 1 saturated carbocycles. The third-order valence-corrected chi connectivity index (χ3v) is 3.37. The van der Waals surface area contributed by atoms with Crippen molar-refractivity contribution in [1.29, 1.82) is 0 Å². The number of hydrogen-bond acceptors (Lipinski definition) is 2. The zero-order valence-corrected chi connectivity index (χ0v) is 8.43. The van der Waals surface area contributed by atoms with Gasteiger partial charge in [-0.25, -0.2) is 0 Å². The van der Waals surface area contributed by atoms with E-state index in [1.54, 1.807) is 0 Å². The molecule has 0 bridgehead atoms. The molecular weight excluding hydrogens is 150 g/mol. The van der Waals surface area contributed by atoms with Crippen LogP contribution in [0, 0.1) is 11.8 Å². The minimum Gasteiger partial charge on any atom is -0.396 e. The lowest BCUT2D eigenvalue weighted by atomic mass is 9.63. The summed E-state index contributed by atoms with van der Waals surface area (Å²) in [6.07, 6.45) is 3.39. The molecule has 0 spiro atoms. The van der Waals surface area contributed by atoms with Gasteiger partial charge in [-0.15, -0.1) is 0 Å². The van der Waals surface area contributed by atoms with E-state index >= 15 is 0 Å². The molecule has 1 aliphatic carbocycles. The van der Waals surface area contributed by atoms with Crippen molar-refractivity contribution in [3.63, 3.8) is 0 Å². The standard InChI is InChI=1S/C10H21NO/c1-8(2)9-6-10(7-9,11-3)4-5-12/h8-9,11-12H,4-7H2,1-3H3. The van der Waals surface area contributed by atoms with Crippen LogP contribution < -0.4 is 5.32 Å². The van der Waals surface area contributed by atoms with Crippen molar-refractivity contribution in [3.8, 4) is 0 Å². The van der Waals surface area contributed by atoms with Crippen molar-refractivity contribution in [1.82, 2.24) is 5.32 Å². The van der Waals surface area contributed by atoms with E-state index in [1.165, 1.54) is 12.8 Å². The smallest absolute Gasteiger partial charge is 0.0448 e. The molecule has 12 heavy (non-hydrogen) atoms. The van der Waals surface area contributed by atoms with Crippen molar-refractivity contribution in [2.24, 2.45) is 11.8 Å². The summed E-state index contributed by atoms with van der Waals surface area (Å²) in [4.78, 5) is 0. The monoisotopic (exact) mass is 171 g/mol. The Bertz CT molecular complexity index is 139. The highest BCUT2D eigenvalue weighted by atomic mass is 16.3. The summed E-state index contributed by atoms with van der Waals surface area (Å²) in [6.45, 7) is 4.87. The Kier molecular flexibility index (Phi) is 3.13. The summed E-state index contributed by atoms with van der Waals surface area (Å²) < 4.78 is 0. The summed E-state index contributed by atoms with van der Waals surface area (Å²) in [5.74, 6) is 1.66. The van der Waals surface area contributed by atoms with Crippen LogP contribution in [0.1, 0.15) is 33.1 Å². The Hall–Kier alpha value is -0.0800. The van der Waals surface area contributed by atoms with E-state index in [4.69, 9.17) is 5.11 Å². The lowest BCUT2D eigenvalue weighted by Crippen LogP contribution is -2.55. The summed E-state index contributed by atoms with van der Waals surface area (Å²) in [6, 6.07) is 0. The molecule has 2 heteroatoms. The molecule has 0 atom stereocenters. The molecule has 1 rings (SSSR count). The van der Waals surface area contributed by atoms with Crippen LogP contribution in [0.5, 0.6) is 0 Å². The van der Waals surface area contributed by atoms with Crippen LogP contribution in [-0.2, 0) is 0 Å². The summed E-state index contributed by atoms with van der Waals surface area (Å²) >= 11 is 0. The summed E-state index contributed by atoms with van der Waals surface area (Å²) in [5.41, 5.74) is 0.268. The molecule has 0 radical (unpaired) electrons. The highest BCUT2D eigenvalue weighted by molar-refractivity contribution is 5.00. The minimum absolute atomic E-state index is 0.268. The Balaban J connectivity index is 2.35. The maximum atomic E-state index is 8.88. The first-order valence-corrected chi connectivity index (χ1v) is 4.93. The molecule has 0 aromatic heterocycles. The number of aliphatic hydroxyl groups excluding tert-OH is 1. The highest BCUT2D eigenvalue weighted by Gasteiger charge is 2.43. The molecule has 0 unspecified atom stereocenters. The largest absolute Gasteiger partial charge is 0.396 e. The van der Waals surface area contributed by atoms with E-state index in [0.29, 0.717) is 6.61 Å². The average molecular weight is 171 g/mol. The normalized spacial score (nSPS) is 35.2. The molecule has 1 aliphatic rings. The zero-order valence-electron chi connectivity index (χ0n) is 8.43. The Morgan fingerprint density at radius 1 is 1.50 bits per heavy atom. The van der Waals surface area contributed by atoms with Gasteiger partial charge in [-0.05, 0) is 38.1 Å². The topological polar surface area (TPSA) is 32.3 Å². The van der Waals surface area contributed by atoms with E-state index in [9.17, 15) is 0 Å². The van der Waals surface area contributed by atoms with Gasteiger partial charge in [0.05, 0.1) is 0 Å². The van der Waals surface area contributed by atoms with E-state index < -0.39 is 0 Å². The molecular formula is C10H21NO. The van der Waals surface area contributed by atoms with Crippen molar-refractivity contribution >= 4 is 0 Å². The quantitative estimate of drug-likeness (QED) is 0.670. The first-order chi connectivity index (χ1) is 5.63. The Morgan fingerprint density at radius 2 is 2.08 bits per heavy atom. The predicted octanol–water partition coefficient (Wildman–Crippen LogP) is 1.39. The maximum absolute atomic E-state index is 8.88. The van der Waals surface area contributed by atoms with Crippen LogP contribution in [0.3, 0.4) is 0 Å². The first kappa shape index (κ1) is 10.0. The van der Waals surface area contributed by atoms with E-state index in [1.807, 2.05) is 7.05 Å². The second-order valence-corrected chi connectivity index (χ2v) is 4.42. The zero-order chi connectivity index (χ0) is 9.19. The number of aliphatic hydroxyl groups is 1. The SMILES string of the molecule is CNC1(CCO)CC(C(C)C)C1. The lowest BCUT2D eigenvalue weighted by Gasteiger charge is -2.49. The molecule has 0 aromatic rings. The lowest BCUT2D eigenvalue weighted by molar-refractivity contribution is 0.0530. The molecule has 2 N–H and O–H groups in total. The summed E-state index contributed by atoms with van der Waals surface area (Å²) in [7, 11) is 2.01. The van der Waals surface area contributed by atoms with Gasteiger partial charge in [-0.3, -0.25) is 0 Å². The Morgan fingerprint density at radius 3 is 2.42 bits per heavy atom. The summed E-state index contributed by atoms with van der Waals surface area (Å²) in [5, 5.41) is 12.2. The van der Waals surface area contributed by atoms with Crippen LogP contribution in [-0.4, -0.2) is 24.3 Å². The van der Waals surface area contributed by atoms with Gasteiger partial charge < -0.3 is 10.4 Å². The van der Waals surface area contributed by atoms with E-state index in [2.05, 4.69) is 19.2 Å². The molecule has 1 fully saturated rings. The fourth-order valence-electron chi connectivity index (χ4n) is 2.16. The fraction of sp³-hybridized carbons (Fsp3) is 1.00. The minimum atomic E-state index is 0.268. The number of rotatable bonds is 4. The third kappa shape index (κ3) is 1.80. The fourth-order valence-corrected chi connectivity index (χ4v) is 2.16. The number of hydrogen-bond donors (Lipinski definition) is 2. The van der Waals surface area contributed by atoms with Crippen molar-refractivity contribution in [2.75, 3.05) is 13.7 Å². The van der Waals surface area contributed by atoms with Crippen LogP contribution in [0.15, 0.2) is 0 Å². The Labute approximate surface area is 75.4 Å². The van der Waals surface area contributed by atoms with Crippen molar-refractivity contribution in [3.05, 3.63) is 0 Å². The van der Waals surface area contributed by atoms with Gasteiger partial charge in [0.2, 0.25) is 0 Å². The predicted molar refractivity (Wildman–Crippen MR) is 51.1 cm³/mol. The van der Waals surface area contributed by atoms with Crippen molar-refractivity contribution < 1.29 is 5.11 Å². The molecule has 0 heterocycles. The van der Waals surface area contributed by atoms with Gasteiger partial charge >= 0.3 is 0 Å². The van der Waals surface area contributed by atoms with Crippen LogP contribution >= 0.6 is 0 Å². The van der Waals surface area contributed by atoms with Gasteiger partial charge in [-0.2, -0.15) is 0 Å². The van der Waals surface area contributed by atoms with Crippen LogP contribution in [0.2, 0.25) is 0 Å². The van der Waals surface area contributed by atoms with Crippen LogP contribution in [0.25, 0.3) is 0 Å². The van der Waals surface area contributed by atoms with Crippen molar-refractivity contribution in [2.45, 2.75) is 38.6 Å². The van der Waals surface area contributed by atoms with Gasteiger partial charge in [0, 0.05) is 12.1 Å². The van der Waals surface area contributed by atoms with Crippen LogP contribution in [0.4, 0.5) is 0 Å².